The van der Waals surface area contributed by atoms with Gasteiger partial charge in [-0.15, -0.1) is 0 Å². The Bertz CT molecular complexity index is 803. The van der Waals surface area contributed by atoms with Crippen LogP contribution in [0.4, 0.5) is 19.0 Å². The van der Waals surface area contributed by atoms with Crippen molar-refractivity contribution in [1.29, 1.82) is 0 Å². The number of hydrogen-bond donors (Lipinski definition) is 1. The number of nitrogens with zero attached hydrogens (tertiary/aromatic N) is 4. The molecular weight excluding hydrogens is 319 g/mol. The van der Waals surface area contributed by atoms with Gasteiger partial charge in [-0.3, -0.25) is 0 Å². The topological polar surface area (TPSA) is 69.6 Å². The zero-order chi connectivity index (χ0) is 16.9. The van der Waals surface area contributed by atoms with E-state index in [1.165, 1.54) is 12.4 Å². The average molecular weight is 335 g/mol. The van der Waals surface area contributed by atoms with Gasteiger partial charge in [-0.2, -0.15) is 23.0 Å². The SMILES string of the molecule is Nc1c(C2=CCCC3(CC3)C2)c(C(F)(F)F)nn1-c1ncccn1. The zero-order valence-corrected chi connectivity index (χ0v) is 12.8. The molecule has 2 N–H and O–H groups in total. The van der Waals surface area contributed by atoms with Gasteiger partial charge in [0.05, 0.1) is 5.56 Å². The van der Waals surface area contributed by atoms with E-state index in [-0.39, 0.29) is 22.7 Å². The number of nitrogen functional groups attached to an aromatic ring is 1. The number of anilines is 1. The van der Waals surface area contributed by atoms with E-state index in [2.05, 4.69) is 15.1 Å². The quantitative estimate of drug-likeness (QED) is 0.910. The van der Waals surface area contributed by atoms with Gasteiger partial charge >= 0.3 is 6.18 Å². The molecule has 1 saturated carbocycles. The molecule has 1 spiro atoms. The van der Waals surface area contributed by atoms with E-state index in [1.54, 1.807) is 6.07 Å². The van der Waals surface area contributed by atoms with Crippen molar-refractivity contribution in [3.8, 4) is 5.95 Å². The summed E-state index contributed by atoms with van der Waals surface area (Å²) < 4.78 is 41.5. The van der Waals surface area contributed by atoms with Gasteiger partial charge in [-0.1, -0.05) is 6.08 Å². The van der Waals surface area contributed by atoms with Gasteiger partial charge in [0.1, 0.15) is 5.82 Å². The zero-order valence-electron chi connectivity index (χ0n) is 12.8. The molecule has 2 aliphatic rings. The molecular formula is C16H16F3N5. The third kappa shape index (κ3) is 2.46. The maximum atomic E-state index is 13.5. The fourth-order valence-corrected chi connectivity index (χ4v) is 3.41. The highest BCUT2D eigenvalue weighted by atomic mass is 19.4. The molecule has 0 bridgehead atoms. The average Bonchev–Trinajstić information content (AvgIpc) is 3.18. The predicted octanol–water partition coefficient (Wildman–Crippen LogP) is 3.61. The Morgan fingerprint density at radius 1 is 1.12 bits per heavy atom. The number of halogens is 3. The summed E-state index contributed by atoms with van der Waals surface area (Å²) in [5, 5.41) is 3.70. The molecule has 0 radical (unpaired) electrons. The summed E-state index contributed by atoms with van der Waals surface area (Å²) in [4.78, 5) is 7.91. The first-order chi connectivity index (χ1) is 11.4. The molecule has 2 aliphatic carbocycles. The first-order valence-corrected chi connectivity index (χ1v) is 7.82. The van der Waals surface area contributed by atoms with Crippen molar-refractivity contribution in [3.05, 3.63) is 35.8 Å². The monoisotopic (exact) mass is 335 g/mol. The molecule has 0 unspecified atom stereocenters. The summed E-state index contributed by atoms with van der Waals surface area (Å²) in [6.07, 6.45) is 4.74. The highest BCUT2D eigenvalue weighted by Gasteiger charge is 2.47. The minimum Gasteiger partial charge on any atom is -0.383 e. The normalized spacial score (nSPS) is 19.4. The number of nitrogens with two attached hydrogens (primary N) is 1. The second-order valence-electron chi connectivity index (χ2n) is 6.51. The molecule has 8 heteroatoms. The fraction of sp³-hybridized carbons (Fsp3) is 0.438. The van der Waals surface area contributed by atoms with Gasteiger partial charge in [0, 0.05) is 12.4 Å². The van der Waals surface area contributed by atoms with Crippen molar-refractivity contribution in [2.75, 3.05) is 5.73 Å². The third-order valence-corrected chi connectivity index (χ3v) is 4.84. The number of allylic oxidation sites excluding steroid dienone is 2. The van der Waals surface area contributed by atoms with E-state index in [1.807, 2.05) is 6.08 Å². The Morgan fingerprint density at radius 3 is 2.46 bits per heavy atom. The van der Waals surface area contributed by atoms with Crippen molar-refractivity contribution in [3.63, 3.8) is 0 Å². The standard InChI is InChI=1S/C16H16F3N5/c17-16(18,19)12-11(10-3-1-4-15(9-10)5-6-15)13(20)24(23-12)14-21-7-2-8-22-14/h2-3,7-8H,1,4-6,9,20H2. The molecule has 5 nitrogen and oxygen atoms in total. The van der Waals surface area contributed by atoms with Crippen LogP contribution in [0.25, 0.3) is 11.5 Å². The maximum Gasteiger partial charge on any atom is 0.435 e. The van der Waals surface area contributed by atoms with Crippen molar-refractivity contribution >= 4 is 11.4 Å². The molecule has 2 aromatic heterocycles. The van der Waals surface area contributed by atoms with Crippen LogP contribution in [0.3, 0.4) is 0 Å². The molecule has 126 valence electrons. The Morgan fingerprint density at radius 2 is 1.83 bits per heavy atom. The van der Waals surface area contributed by atoms with Crippen LogP contribution in [0.2, 0.25) is 0 Å². The smallest absolute Gasteiger partial charge is 0.383 e. The Balaban J connectivity index is 1.86. The molecule has 0 atom stereocenters. The summed E-state index contributed by atoms with van der Waals surface area (Å²) in [5.41, 5.74) is 5.89. The molecule has 0 aromatic carbocycles. The van der Waals surface area contributed by atoms with E-state index >= 15 is 0 Å². The van der Waals surface area contributed by atoms with E-state index in [0.29, 0.717) is 12.0 Å². The van der Waals surface area contributed by atoms with Crippen LogP contribution in [0.15, 0.2) is 24.5 Å². The van der Waals surface area contributed by atoms with Crippen LogP contribution in [0.5, 0.6) is 0 Å². The Labute approximate surface area is 136 Å². The van der Waals surface area contributed by atoms with Crippen molar-refractivity contribution in [2.45, 2.75) is 38.3 Å². The molecule has 4 rings (SSSR count). The summed E-state index contributed by atoms with van der Waals surface area (Å²) in [5.74, 6) is -0.0261. The van der Waals surface area contributed by atoms with Gasteiger partial charge in [0.15, 0.2) is 5.69 Å². The number of aromatic nitrogens is 4. The largest absolute Gasteiger partial charge is 0.435 e. The van der Waals surface area contributed by atoms with Crippen LogP contribution in [0.1, 0.15) is 43.4 Å². The number of alkyl halides is 3. The van der Waals surface area contributed by atoms with Crippen molar-refractivity contribution in [1.82, 2.24) is 19.7 Å². The third-order valence-electron chi connectivity index (χ3n) is 4.84. The lowest BCUT2D eigenvalue weighted by atomic mass is 9.83. The van der Waals surface area contributed by atoms with Crippen LogP contribution >= 0.6 is 0 Å². The molecule has 1 fully saturated rings. The minimum atomic E-state index is -4.58. The molecule has 2 heterocycles. The van der Waals surface area contributed by atoms with Gasteiger partial charge in [-0.25, -0.2) is 9.97 Å². The van der Waals surface area contributed by atoms with Crippen molar-refractivity contribution < 1.29 is 13.2 Å². The second kappa shape index (κ2) is 5.06. The van der Waals surface area contributed by atoms with Crippen molar-refractivity contribution in [2.24, 2.45) is 5.41 Å². The lowest BCUT2D eigenvalue weighted by Gasteiger charge is -2.22. The second-order valence-corrected chi connectivity index (χ2v) is 6.51. The maximum absolute atomic E-state index is 13.5. The van der Waals surface area contributed by atoms with E-state index in [9.17, 15) is 13.2 Å². The van der Waals surface area contributed by atoms with Gasteiger partial charge in [0.2, 0.25) is 0 Å². The fourth-order valence-electron chi connectivity index (χ4n) is 3.41. The van der Waals surface area contributed by atoms with E-state index in [0.717, 1.165) is 30.4 Å². The predicted molar refractivity (Wildman–Crippen MR) is 82.1 cm³/mol. The van der Waals surface area contributed by atoms with Crippen LogP contribution in [-0.4, -0.2) is 19.7 Å². The van der Waals surface area contributed by atoms with Gasteiger partial charge in [-0.05, 0) is 49.2 Å². The van der Waals surface area contributed by atoms with Gasteiger partial charge < -0.3 is 5.73 Å². The Hall–Kier alpha value is -2.38. The highest BCUT2D eigenvalue weighted by Crippen LogP contribution is 2.58. The first-order valence-electron chi connectivity index (χ1n) is 7.82. The summed E-state index contributed by atoms with van der Waals surface area (Å²) in [6.45, 7) is 0. The lowest BCUT2D eigenvalue weighted by Crippen LogP contribution is -2.12. The summed E-state index contributed by atoms with van der Waals surface area (Å²) >= 11 is 0. The van der Waals surface area contributed by atoms with Crippen LogP contribution in [0, 0.1) is 5.41 Å². The van der Waals surface area contributed by atoms with E-state index in [4.69, 9.17) is 5.73 Å². The minimum absolute atomic E-state index is 0.0130. The molecule has 0 aliphatic heterocycles. The Kier molecular flexibility index (Phi) is 3.20. The summed E-state index contributed by atoms with van der Waals surface area (Å²) in [7, 11) is 0. The highest BCUT2D eigenvalue weighted by molar-refractivity contribution is 5.77. The number of rotatable bonds is 2. The molecule has 2 aromatic rings. The summed E-state index contributed by atoms with van der Waals surface area (Å²) in [6, 6.07) is 1.58. The first kappa shape index (κ1) is 15.2. The van der Waals surface area contributed by atoms with Crippen LogP contribution < -0.4 is 5.73 Å². The molecule has 0 saturated heterocycles. The lowest BCUT2D eigenvalue weighted by molar-refractivity contribution is -0.141. The van der Waals surface area contributed by atoms with E-state index < -0.39 is 11.9 Å². The van der Waals surface area contributed by atoms with Gasteiger partial charge in [0.25, 0.3) is 5.95 Å². The molecule has 0 amide bonds. The molecule has 24 heavy (non-hydrogen) atoms. The van der Waals surface area contributed by atoms with Crippen LogP contribution in [-0.2, 0) is 6.18 Å². The number of hydrogen-bond acceptors (Lipinski definition) is 4.